The topological polar surface area (TPSA) is 155 Å². The first-order valence-electron chi connectivity index (χ1n) is 17.1. The number of halogens is 2. The lowest BCUT2D eigenvalue weighted by Crippen LogP contribution is -2.26. The molecular weight excluding hydrogens is 808 g/mol. The van der Waals surface area contributed by atoms with Crippen LogP contribution in [-0.4, -0.2) is 67.8 Å². The number of carbonyl (C=O) groups excluding carboxylic acids is 1. The van der Waals surface area contributed by atoms with Crippen LogP contribution in [0.25, 0.3) is 0 Å². The molecule has 0 bridgehead atoms. The minimum Gasteiger partial charge on any atom is -0.478 e. The van der Waals surface area contributed by atoms with Crippen LogP contribution in [0.3, 0.4) is 0 Å². The number of nitrogens with one attached hydrogen (secondary N) is 1. The monoisotopic (exact) mass is 858 g/mol. The predicted molar refractivity (Wildman–Crippen MR) is 215 cm³/mol. The van der Waals surface area contributed by atoms with Gasteiger partial charge in [-0.05, 0) is 135 Å². The number of carbonyl (C=O) groups is 2. The van der Waals surface area contributed by atoms with Gasteiger partial charge in [0.05, 0.1) is 20.1 Å². The number of ether oxygens (including phenoxy) is 4. The fourth-order valence-electron chi connectivity index (χ4n) is 4.97. The van der Waals surface area contributed by atoms with Crippen molar-refractivity contribution in [3.63, 3.8) is 0 Å². The normalized spacial score (nSPS) is 11.0. The van der Waals surface area contributed by atoms with Crippen molar-refractivity contribution >= 4 is 43.7 Å². The first-order valence-corrected chi connectivity index (χ1v) is 18.7. The summed E-state index contributed by atoms with van der Waals surface area (Å²) in [5.74, 6) is 0.551. The molecule has 0 saturated heterocycles. The molecule has 2 aromatic heterocycles. The van der Waals surface area contributed by atoms with Crippen LogP contribution >= 0.6 is 31.9 Å². The summed E-state index contributed by atoms with van der Waals surface area (Å²) in [5.41, 5.74) is 8.89. The molecule has 0 aliphatic carbocycles. The van der Waals surface area contributed by atoms with Crippen molar-refractivity contribution in [2.75, 3.05) is 40.9 Å². The molecule has 0 aliphatic heterocycles. The Kier molecular flexibility index (Phi) is 20.3. The van der Waals surface area contributed by atoms with Crippen LogP contribution in [0.1, 0.15) is 85.2 Å². The number of methoxy groups -OCH3 is 2. The van der Waals surface area contributed by atoms with E-state index in [0.717, 1.165) is 52.7 Å². The van der Waals surface area contributed by atoms with Crippen molar-refractivity contribution in [3.05, 3.63) is 117 Å². The minimum atomic E-state index is -0.942. The van der Waals surface area contributed by atoms with Crippen LogP contribution in [0.5, 0.6) is 11.5 Å². The van der Waals surface area contributed by atoms with E-state index in [4.69, 9.17) is 29.8 Å². The Labute approximate surface area is 330 Å². The second kappa shape index (κ2) is 23.7. The van der Waals surface area contributed by atoms with Crippen LogP contribution in [0, 0.1) is 0 Å². The van der Waals surface area contributed by atoms with Gasteiger partial charge in [-0.3, -0.25) is 14.8 Å². The molecule has 0 radical (unpaired) electrons. The van der Waals surface area contributed by atoms with Gasteiger partial charge in [0, 0.05) is 45.6 Å². The summed E-state index contributed by atoms with van der Waals surface area (Å²) < 4.78 is 22.9. The Balaban J connectivity index is 0.000000309. The number of hydrogen-bond acceptors (Lipinski definition) is 9. The molecule has 0 atom stereocenters. The molecule has 288 valence electrons. The lowest BCUT2D eigenvalue weighted by Gasteiger charge is -2.26. The number of carboxylic acids is 1. The van der Waals surface area contributed by atoms with E-state index in [2.05, 4.69) is 93.0 Å². The zero-order valence-electron chi connectivity index (χ0n) is 31.4. The Morgan fingerprint density at radius 3 is 1.62 bits per heavy atom. The molecule has 0 unspecified atom stereocenters. The van der Waals surface area contributed by atoms with E-state index in [1.165, 1.54) is 29.6 Å². The highest BCUT2D eigenvalue weighted by atomic mass is 79.9. The number of amides is 1. The summed E-state index contributed by atoms with van der Waals surface area (Å²) in [6.07, 6.45) is 9.97. The highest BCUT2D eigenvalue weighted by molar-refractivity contribution is 9.10. The van der Waals surface area contributed by atoms with Gasteiger partial charge in [0.25, 0.3) is 5.91 Å². The summed E-state index contributed by atoms with van der Waals surface area (Å²) in [4.78, 5) is 29.8. The number of aromatic carboxylic acids is 1. The number of hydrogen-bond donors (Lipinski definition) is 3. The number of nitrogens with two attached hydrogens (primary N) is 1. The molecular formula is C40H52Br2N4O7. The van der Waals surface area contributed by atoms with Gasteiger partial charge >= 0.3 is 5.97 Å². The molecule has 53 heavy (non-hydrogen) atoms. The van der Waals surface area contributed by atoms with Crippen LogP contribution in [0.15, 0.2) is 94.4 Å². The van der Waals surface area contributed by atoms with E-state index in [-0.39, 0.29) is 35.9 Å². The third-order valence-corrected chi connectivity index (χ3v) is 9.50. The van der Waals surface area contributed by atoms with Crippen molar-refractivity contribution in [1.82, 2.24) is 15.3 Å². The summed E-state index contributed by atoms with van der Waals surface area (Å²) in [6.45, 7) is 10.7. The molecule has 0 fully saturated rings. The second-order valence-electron chi connectivity index (χ2n) is 13.2. The molecule has 4 aromatic rings. The average molecular weight is 861 g/mol. The standard InChI is InChI=1S/C20H25BrN2O3.C14H22BrNO2.C6H5NO2/c1-20(2,16-7-8-17(21)18(12-16)26-14-25-3)9-5-11-23-19(24)15-6-4-10-22-13-15;1-14(2,7-4-8-16)11-5-6-12(15)13(9-11)18-10-17-3;8-6(9)5-2-1-3-7-4-5/h4,6-8,10,12-13H,5,9,11,14H2,1-3H3,(H,23,24);5-6,9H,4,7-8,10,16H2,1-3H3;1-4H,(H,8,9). The highest BCUT2D eigenvalue weighted by Crippen LogP contribution is 2.35. The molecule has 2 heterocycles. The zero-order chi connectivity index (χ0) is 39.3. The SMILES string of the molecule is COCOc1cc(C(C)(C)CCCN)ccc1Br.COCOc1cc(C(C)(C)CCCNC(=O)c2cccnc2)ccc1Br.O=C(O)c1cccnc1. The molecule has 11 nitrogen and oxygen atoms in total. The van der Waals surface area contributed by atoms with Crippen LogP contribution in [0.2, 0.25) is 0 Å². The van der Waals surface area contributed by atoms with Crippen molar-refractivity contribution in [2.24, 2.45) is 5.73 Å². The quantitative estimate of drug-likeness (QED) is 0.0695. The van der Waals surface area contributed by atoms with Crippen LogP contribution < -0.4 is 20.5 Å². The third kappa shape index (κ3) is 16.4. The van der Waals surface area contributed by atoms with Crippen LogP contribution in [-0.2, 0) is 20.3 Å². The Bertz CT molecular complexity index is 1680. The van der Waals surface area contributed by atoms with Crippen molar-refractivity contribution < 1.29 is 33.6 Å². The van der Waals surface area contributed by atoms with E-state index in [1.807, 2.05) is 18.2 Å². The van der Waals surface area contributed by atoms with Gasteiger partial charge < -0.3 is 35.1 Å². The predicted octanol–water partition coefficient (Wildman–Crippen LogP) is 8.54. The molecule has 2 aromatic carbocycles. The molecule has 4 N–H and O–H groups in total. The van der Waals surface area contributed by atoms with Gasteiger partial charge in [0.1, 0.15) is 11.5 Å². The molecule has 13 heteroatoms. The van der Waals surface area contributed by atoms with E-state index in [1.54, 1.807) is 44.8 Å². The summed E-state index contributed by atoms with van der Waals surface area (Å²) >= 11 is 6.98. The second-order valence-corrected chi connectivity index (χ2v) is 14.9. The lowest BCUT2D eigenvalue weighted by atomic mass is 9.80. The van der Waals surface area contributed by atoms with E-state index < -0.39 is 5.97 Å². The Hall–Kier alpha value is -3.88. The number of aromatic nitrogens is 2. The minimum absolute atomic E-state index is 0.0368. The largest absolute Gasteiger partial charge is 0.478 e. The number of carboxylic acid groups (broad SMARTS) is 1. The van der Waals surface area contributed by atoms with Gasteiger partial charge in [-0.2, -0.15) is 0 Å². The van der Waals surface area contributed by atoms with E-state index in [9.17, 15) is 9.59 Å². The highest BCUT2D eigenvalue weighted by Gasteiger charge is 2.22. The van der Waals surface area contributed by atoms with Gasteiger partial charge in [-0.15, -0.1) is 0 Å². The number of benzene rings is 2. The summed E-state index contributed by atoms with van der Waals surface area (Å²) in [5, 5.41) is 11.3. The van der Waals surface area contributed by atoms with Gasteiger partial charge in [0.2, 0.25) is 0 Å². The van der Waals surface area contributed by atoms with E-state index >= 15 is 0 Å². The molecule has 4 rings (SSSR count). The zero-order valence-corrected chi connectivity index (χ0v) is 34.5. The lowest BCUT2D eigenvalue weighted by molar-refractivity contribution is 0.0503. The average Bonchev–Trinajstić information content (AvgIpc) is 3.16. The number of nitrogens with zero attached hydrogens (tertiary/aromatic N) is 2. The first-order chi connectivity index (χ1) is 25.2. The van der Waals surface area contributed by atoms with Crippen molar-refractivity contribution in [1.29, 1.82) is 0 Å². The molecule has 0 aliphatic rings. The molecule has 0 saturated carbocycles. The maximum atomic E-state index is 12.0. The van der Waals surface area contributed by atoms with Gasteiger partial charge in [0.15, 0.2) is 13.6 Å². The summed E-state index contributed by atoms with van der Waals surface area (Å²) in [6, 6.07) is 18.9. The summed E-state index contributed by atoms with van der Waals surface area (Å²) in [7, 11) is 3.21. The third-order valence-electron chi connectivity index (χ3n) is 8.19. The first kappa shape index (κ1) is 45.3. The fraction of sp³-hybridized carbons (Fsp3) is 0.400. The molecule has 1 amide bonds. The van der Waals surface area contributed by atoms with Crippen LogP contribution in [0.4, 0.5) is 0 Å². The van der Waals surface area contributed by atoms with E-state index in [0.29, 0.717) is 12.1 Å². The number of pyridine rings is 2. The Morgan fingerprint density at radius 2 is 1.23 bits per heavy atom. The maximum Gasteiger partial charge on any atom is 0.337 e. The smallest absolute Gasteiger partial charge is 0.337 e. The fourth-order valence-corrected chi connectivity index (χ4v) is 5.69. The van der Waals surface area contributed by atoms with Crippen molar-refractivity contribution in [3.8, 4) is 11.5 Å². The van der Waals surface area contributed by atoms with Gasteiger partial charge in [-0.25, -0.2) is 4.79 Å². The maximum absolute atomic E-state index is 12.0. The molecule has 0 spiro atoms. The van der Waals surface area contributed by atoms with Gasteiger partial charge in [-0.1, -0.05) is 39.8 Å². The number of rotatable bonds is 17. The van der Waals surface area contributed by atoms with Crippen molar-refractivity contribution in [2.45, 2.75) is 64.2 Å². The Morgan fingerprint density at radius 1 is 0.755 bits per heavy atom.